The zero-order chi connectivity index (χ0) is 17.9. The molecule has 0 aliphatic heterocycles. The quantitative estimate of drug-likeness (QED) is 0.360. The fourth-order valence-electron chi connectivity index (χ4n) is 4.11. The van der Waals surface area contributed by atoms with Crippen molar-refractivity contribution in [2.24, 2.45) is 17.8 Å². The first kappa shape index (κ1) is 20.0. The summed E-state index contributed by atoms with van der Waals surface area (Å²) < 4.78 is 15.4. The maximum atomic E-state index is 12.1. The summed E-state index contributed by atoms with van der Waals surface area (Å²) in [6.45, 7) is 4.38. The van der Waals surface area contributed by atoms with Gasteiger partial charge in [0.2, 0.25) is 0 Å². The Hall–Kier alpha value is -1.36. The van der Waals surface area contributed by atoms with E-state index in [4.69, 9.17) is 14.2 Å². The summed E-state index contributed by atoms with van der Waals surface area (Å²) in [7, 11) is 0. The summed E-state index contributed by atoms with van der Waals surface area (Å²) >= 11 is 0. The Labute approximate surface area is 151 Å². The van der Waals surface area contributed by atoms with Crippen molar-refractivity contribution < 1.29 is 23.8 Å². The first-order chi connectivity index (χ1) is 12.2. The largest absolute Gasteiger partial charge is 0.463 e. The van der Waals surface area contributed by atoms with Gasteiger partial charge in [0.25, 0.3) is 0 Å². The minimum atomic E-state index is -0.459. The van der Waals surface area contributed by atoms with Crippen LogP contribution in [-0.2, 0) is 23.8 Å². The first-order valence-electron chi connectivity index (χ1n) is 9.74. The number of hydrogen-bond donors (Lipinski definition) is 0. The van der Waals surface area contributed by atoms with Crippen LogP contribution in [-0.4, -0.2) is 38.4 Å². The Bertz CT molecular complexity index is 420. The van der Waals surface area contributed by atoms with Crippen molar-refractivity contribution in [2.75, 3.05) is 26.4 Å². The van der Waals surface area contributed by atoms with Gasteiger partial charge in [0.15, 0.2) is 0 Å². The lowest BCUT2D eigenvalue weighted by Crippen LogP contribution is -2.28. The van der Waals surface area contributed by atoms with Gasteiger partial charge >= 0.3 is 11.9 Å². The molecule has 25 heavy (non-hydrogen) atoms. The van der Waals surface area contributed by atoms with Crippen molar-refractivity contribution >= 4 is 11.9 Å². The Kier molecular flexibility index (Phi) is 9.02. The Morgan fingerprint density at radius 3 is 2.04 bits per heavy atom. The zero-order valence-electron chi connectivity index (χ0n) is 15.3. The highest BCUT2D eigenvalue weighted by Gasteiger charge is 2.31. The Balaban J connectivity index is 1.50. The molecule has 2 saturated carbocycles. The Morgan fingerprint density at radius 2 is 1.40 bits per heavy atom. The van der Waals surface area contributed by atoms with E-state index in [-0.39, 0.29) is 25.1 Å². The molecule has 2 rings (SSSR count). The van der Waals surface area contributed by atoms with E-state index in [2.05, 4.69) is 6.58 Å². The number of esters is 2. The Morgan fingerprint density at radius 1 is 0.800 bits per heavy atom. The van der Waals surface area contributed by atoms with Crippen molar-refractivity contribution in [3.63, 3.8) is 0 Å². The fourth-order valence-corrected chi connectivity index (χ4v) is 4.11. The smallest absolute Gasteiger partial charge is 0.330 e. The van der Waals surface area contributed by atoms with Crippen LogP contribution in [0.1, 0.15) is 57.8 Å². The van der Waals surface area contributed by atoms with Crippen LogP contribution in [0.2, 0.25) is 0 Å². The van der Waals surface area contributed by atoms with Gasteiger partial charge in [-0.05, 0) is 37.5 Å². The van der Waals surface area contributed by atoms with E-state index in [1.165, 1.54) is 44.9 Å². The summed E-state index contributed by atoms with van der Waals surface area (Å²) in [5, 5.41) is 0. The zero-order valence-corrected chi connectivity index (χ0v) is 15.3. The van der Waals surface area contributed by atoms with E-state index in [9.17, 15) is 9.59 Å². The van der Waals surface area contributed by atoms with Crippen LogP contribution in [0.25, 0.3) is 0 Å². The van der Waals surface area contributed by atoms with Crippen LogP contribution < -0.4 is 0 Å². The molecule has 0 aromatic heterocycles. The molecule has 0 N–H and O–H groups in total. The minimum absolute atomic E-state index is 0.0633. The topological polar surface area (TPSA) is 61.8 Å². The molecule has 0 aromatic carbocycles. The van der Waals surface area contributed by atoms with E-state index in [1.54, 1.807) is 0 Å². The molecular formula is C20H32O5. The van der Waals surface area contributed by atoms with Crippen molar-refractivity contribution in [3.8, 4) is 0 Å². The molecule has 142 valence electrons. The monoisotopic (exact) mass is 352 g/mol. The lowest BCUT2D eigenvalue weighted by Gasteiger charge is -2.35. The molecule has 0 heterocycles. The average molecular weight is 352 g/mol. The maximum absolute atomic E-state index is 12.1. The standard InChI is InChI=1S/C20H32O5/c1-2-19(21)24-14-12-23-13-15-25-20(22)18-10-8-17(9-11-18)16-6-4-3-5-7-16/h2,16-18H,1,3-15H2. The fraction of sp³-hybridized carbons (Fsp3) is 0.800. The molecule has 0 amide bonds. The average Bonchev–Trinajstić information content (AvgIpc) is 2.67. The van der Waals surface area contributed by atoms with Gasteiger partial charge in [0, 0.05) is 6.08 Å². The highest BCUT2D eigenvalue weighted by Crippen LogP contribution is 2.40. The van der Waals surface area contributed by atoms with Crippen molar-refractivity contribution in [1.29, 1.82) is 0 Å². The van der Waals surface area contributed by atoms with E-state index < -0.39 is 5.97 Å². The van der Waals surface area contributed by atoms with Crippen LogP contribution in [0.5, 0.6) is 0 Å². The van der Waals surface area contributed by atoms with Gasteiger partial charge in [-0.2, -0.15) is 0 Å². The summed E-state index contributed by atoms with van der Waals surface area (Å²) in [6.07, 6.45) is 12.4. The number of hydrogen-bond acceptors (Lipinski definition) is 5. The summed E-state index contributed by atoms with van der Waals surface area (Å²) in [4.78, 5) is 23.0. The van der Waals surface area contributed by atoms with Crippen molar-refractivity contribution in [3.05, 3.63) is 12.7 Å². The molecule has 0 aromatic rings. The molecule has 0 bridgehead atoms. The molecule has 5 heteroatoms. The van der Waals surface area contributed by atoms with Crippen molar-refractivity contribution in [2.45, 2.75) is 57.8 Å². The number of carbonyl (C=O) groups excluding carboxylic acids is 2. The lowest BCUT2D eigenvalue weighted by molar-refractivity contribution is -0.151. The van der Waals surface area contributed by atoms with Crippen LogP contribution in [0.15, 0.2) is 12.7 Å². The van der Waals surface area contributed by atoms with Crippen LogP contribution in [0.3, 0.4) is 0 Å². The van der Waals surface area contributed by atoms with Crippen LogP contribution in [0.4, 0.5) is 0 Å². The van der Waals surface area contributed by atoms with Gasteiger partial charge in [-0.15, -0.1) is 0 Å². The number of ether oxygens (including phenoxy) is 3. The molecule has 0 spiro atoms. The van der Waals surface area contributed by atoms with Crippen LogP contribution in [0, 0.1) is 17.8 Å². The second kappa shape index (κ2) is 11.3. The lowest BCUT2D eigenvalue weighted by atomic mass is 9.71. The van der Waals surface area contributed by atoms with E-state index in [1.807, 2.05) is 0 Å². The third kappa shape index (κ3) is 7.18. The summed E-state index contributed by atoms with van der Waals surface area (Å²) in [5.41, 5.74) is 0. The molecule has 2 fully saturated rings. The molecule has 0 radical (unpaired) electrons. The summed E-state index contributed by atoms with van der Waals surface area (Å²) in [6, 6.07) is 0. The van der Waals surface area contributed by atoms with E-state index in [0.29, 0.717) is 13.2 Å². The third-order valence-corrected chi connectivity index (χ3v) is 5.53. The van der Waals surface area contributed by atoms with Gasteiger partial charge in [-0.25, -0.2) is 4.79 Å². The number of carbonyl (C=O) groups is 2. The minimum Gasteiger partial charge on any atom is -0.463 e. The van der Waals surface area contributed by atoms with Gasteiger partial charge < -0.3 is 14.2 Å². The van der Waals surface area contributed by atoms with E-state index in [0.717, 1.165) is 30.8 Å². The van der Waals surface area contributed by atoms with Crippen LogP contribution >= 0.6 is 0 Å². The molecule has 0 atom stereocenters. The highest BCUT2D eigenvalue weighted by molar-refractivity contribution is 5.81. The molecule has 5 nitrogen and oxygen atoms in total. The molecule has 0 saturated heterocycles. The predicted octanol–water partition coefficient (Wildman–Crippen LogP) is 3.66. The van der Waals surface area contributed by atoms with Gasteiger partial charge in [0.1, 0.15) is 13.2 Å². The summed E-state index contributed by atoms with van der Waals surface area (Å²) in [5.74, 6) is 1.25. The van der Waals surface area contributed by atoms with Gasteiger partial charge in [-0.1, -0.05) is 38.7 Å². The normalized spacial score (nSPS) is 24.5. The second-order valence-corrected chi connectivity index (χ2v) is 7.16. The maximum Gasteiger partial charge on any atom is 0.330 e. The third-order valence-electron chi connectivity index (χ3n) is 5.53. The van der Waals surface area contributed by atoms with E-state index >= 15 is 0 Å². The molecule has 2 aliphatic rings. The highest BCUT2D eigenvalue weighted by atomic mass is 16.6. The molecular weight excluding hydrogens is 320 g/mol. The predicted molar refractivity (Wildman–Crippen MR) is 95.0 cm³/mol. The van der Waals surface area contributed by atoms with Crippen molar-refractivity contribution in [1.82, 2.24) is 0 Å². The first-order valence-corrected chi connectivity index (χ1v) is 9.74. The SMILES string of the molecule is C=CC(=O)OCCOCCOC(=O)C1CCC(C2CCCCC2)CC1. The second-order valence-electron chi connectivity index (χ2n) is 7.16. The number of rotatable bonds is 9. The van der Waals surface area contributed by atoms with Gasteiger partial charge in [0.05, 0.1) is 19.1 Å². The van der Waals surface area contributed by atoms with Gasteiger partial charge in [-0.3, -0.25) is 4.79 Å². The molecule has 0 unspecified atom stereocenters. The molecule has 2 aliphatic carbocycles.